The van der Waals surface area contributed by atoms with Gasteiger partial charge in [0, 0.05) is 12.8 Å². The average molecular weight is 184 g/mol. The Morgan fingerprint density at radius 2 is 2.00 bits per heavy atom. The van der Waals surface area contributed by atoms with Gasteiger partial charge in [0.15, 0.2) is 6.10 Å². The van der Waals surface area contributed by atoms with Crippen LogP contribution in [0.3, 0.4) is 0 Å². The van der Waals surface area contributed by atoms with Crippen molar-refractivity contribution in [1.82, 2.24) is 0 Å². The fraction of sp³-hybridized carbons (Fsp3) is 0.778. The van der Waals surface area contributed by atoms with Gasteiger partial charge in [-0.1, -0.05) is 0 Å². The molecule has 72 valence electrons. The predicted octanol–water partition coefficient (Wildman–Crippen LogP) is 0.598. The van der Waals surface area contributed by atoms with E-state index < -0.39 is 12.1 Å². The van der Waals surface area contributed by atoms with Gasteiger partial charge in [0.1, 0.15) is 5.78 Å². The number of carbonyl (C=O) groups is 2. The maximum absolute atomic E-state index is 10.9. The monoisotopic (exact) mass is 184 g/mol. The molecule has 1 saturated carbocycles. The summed E-state index contributed by atoms with van der Waals surface area (Å²) >= 11 is 0. The van der Waals surface area contributed by atoms with E-state index in [0.29, 0.717) is 24.5 Å². The van der Waals surface area contributed by atoms with Gasteiger partial charge in [0.05, 0.1) is 6.10 Å². The van der Waals surface area contributed by atoms with Gasteiger partial charge in [-0.2, -0.15) is 0 Å². The zero-order chi connectivity index (χ0) is 9.42. The summed E-state index contributed by atoms with van der Waals surface area (Å²) in [6.45, 7) is 0. The Labute approximate surface area is 75.9 Å². The van der Waals surface area contributed by atoms with Crippen molar-refractivity contribution in [2.45, 2.75) is 37.9 Å². The highest BCUT2D eigenvalue weighted by molar-refractivity contribution is 5.79. The van der Waals surface area contributed by atoms with Crippen LogP contribution in [0.1, 0.15) is 25.7 Å². The number of ether oxygens (including phenoxy) is 1. The highest BCUT2D eigenvalue weighted by atomic mass is 16.6. The van der Waals surface area contributed by atoms with Crippen LogP contribution in [0.5, 0.6) is 0 Å². The lowest BCUT2D eigenvalue weighted by atomic mass is 9.85. The minimum atomic E-state index is -0.873. The quantitative estimate of drug-likeness (QED) is 0.638. The standard InChI is InChI=1S/C9H12O4/c10-6-3-1-5(2-4-6)7-8(13-7)9(11)12/h5,7-8H,1-4H2,(H,11,12). The van der Waals surface area contributed by atoms with Crippen molar-refractivity contribution in [2.24, 2.45) is 5.92 Å². The Balaban J connectivity index is 1.84. The molecule has 2 unspecified atom stereocenters. The number of epoxide rings is 1. The molecule has 0 amide bonds. The molecule has 1 aliphatic carbocycles. The van der Waals surface area contributed by atoms with Gasteiger partial charge in [-0.05, 0) is 18.8 Å². The van der Waals surface area contributed by atoms with E-state index in [0.717, 1.165) is 12.8 Å². The Morgan fingerprint density at radius 3 is 2.46 bits per heavy atom. The number of aliphatic carboxylic acids is 1. The molecule has 0 spiro atoms. The van der Waals surface area contributed by atoms with Gasteiger partial charge < -0.3 is 9.84 Å². The first kappa shape index (κ1) is 8.69. The number of hydrogen-bond donors (Lipinski definition) is 1. The van der Waals surface area contributed by atoms with E-state index in [1.807, 2.05) is 0 Å². The maximum atomic E-state index is 10.9. The lowest BCUT2D eigenvalue weighted by Crippen LogP contribution is -2.21. The number of carbonyl (C=O) groups excluding carboxylic acids is 1. The van der Waals surface area contributed by atoms with E-state index in [-0.39, 0.29) is 6.10 Å². The van der Waals surface area contributed by atoms with Crippen LogP contribution < -0.4 is 0 Å². The van der Waals surface area contributed by atoms with E-state index >= 15 is 0 Å². The molecule has 0 aromatic rings. The molecule has 4 nitrogen and oxygen atoms in total. The molecule has 2 rings (SSSR count). The Bertz CT molecular complexity index is 238. The van der Waals surface area contributed by atoms with E-state index in [2.05, 4.69) is 0 Å². The molecule has 1 N–H and O–H groups in total. The lowest BCUT2D eigenvalue weighted by molar-refractivity contribution is -0.138. The molecule has 1 saturated heterocycles. The average Bonchev–Trinajstić information content (AvgIpc) is 2.85. The fourth-order valence-electron chi connectivity index (χ4n) is 1.97. The summed E-state index contributed by atoms with van der Waals surface area (Å²) < 4.78 is 5.04. The highest BCUT2D eigenvalue weighted by Crippen LogP contribution is 2.37. The summed E-state index contributed by atoms with van der Waals surface area (Å²) in [6, 6.07) is 0. The number of carboxylic acid groups (broad SMARTS) is 1. The van der Waals surface area contributed by atoms with Crippen LogP contribution in [-0.4, -0.2) is 29.1 Å². The minimum Gasteiger partial charge on any atom is -0.479 e. The van der Waals surface area contributed by atoms with Gasteiger partial charge in [-0.25, -0.2) is 4.79 Å². The van der Waals surface area contributed by atoms with Crippen molar-refractivity contribution in [3.63, 3.8) is 0 Å². The van der Waals surface area contributed by atoms with E-state index in [1.54, 1.807) is 0 Å². The molecule has 0 aromatic heterocycles. The van der Waals surface area contributed by atoms with Gasteiger partial charge in [-0.15, -0.1) is 0 Å². The third kappa shape index (κ3) is 1.72. The molecule has 0 radical (unpaired) electrons. The second kappa shape index (κ2) is 3.10. The smallest absolute Gasteiger partial charge is 0.335 e. The Hall–Kier alpha value is -0.900. The van der Waals surface area contributed by atoms with Crippen LogP contribution in [0.25, 0.3) is 0 Å². The summed E-state index contributed by atoms with van der Waals surface area (Å²) in [7, 11) is 0. The second-order valence-electron chi connectivity index (χ2n) is 3.74. The van der Waals surface area contributed by atoms with Crippen LogP contribution in [0.2, 0.25) is 0 Å². The van der Waals surface area contributed by atoms with Crippen LogP contribution in [0.4, 0.5) is 0 Å². The first-order valence-corrected chi connectivity index (χ1v) is 4.58. The molecule has 0 aromatic carbocycles. The van der Waals surface area contributed by atoms with Gasteiger partial charge in [0.25, 0.3) is 0 Å². The number of ketones is 1. The third-order valence-corrected chi connectivity index (χ3v) is 2.82. The predicted molar refractivity (Wildman–Crippen MR) is 43.3 cm³/mol. The molecule has 0 bridgehead atoms. The molecule has 2 aliphatic rings. The van der Waals surface area contributed by atoms with Crippen molar-refractivity contribution < 1.29 is 19.4 Å². The zero-order valence-electron chi connectivity index (χ0n) is 7.23. The molecule has 1 heterocycles. The van der Waals surface area contributed by atoms with Crippen molar-refractivity contribution in [2.75, 3.05) is 0 Å². The van der Waals surface area contributed by atoms with Gasteiger partial charge >= 0.3 is 5.97 Å². The Kier molecular flexibility index (Phi) is 2.07. The molecule has 13 heavy (non-hydrogen) atoms. The highest BCUT2D eigenvalue weighted by Gasteiger charge is 2.50. The van der Waals surface area contributed by atoms with Crippen molar-refractivity contribution in [1.29, 1.82) is 0 Å². The summed E-state index contributed by atoms with van der Waals surface area (Å²) in [5.41, 5.74) is 0. The van der Waals surface area contributed by atoms with Crippen LogP contribution in [0, 0.1) is 5.92 Å². The first-order valence-electron chi connectivity index (χ1n) is 4.58. The molecule has 1 aliphatic heterocycles. The third-order valence-electron chi connectivity index (χ3n) is 2.82. The van der Waals surface area contributed by atoms with Crippen molar-refractivity contribution in [3.8, 4) is 0 Å². The summed E-state index contributed by atoms with van der Waals surface area (Å²) in [4.78, 5) is 21.4. The number of rotatable bonds is 2. The van der Waals surface area contributed by atoms with Crippen LogP contribution in [-0.2, 0) is 14.3 Å². The lowest BCUT2D eigenvalue weighted by Gasteiger charge is -2.18. The van der Waals surface area contributed by atoms with Crippen LogP contribution in [0.15, 0.2) is 0 Å². The molecule has 4 heteroatoms. The maximum Gasteiger partial charge on any atom is 0.335 e. The largest absolute Gasteiger partial charge is 0.479 e. The summed E-state index contributed by atoms with van der Waals surface area (Å²) in [5, 5.41) is 8.61. The van der Waals surface area contributed by atoms with E-state index in [1.165, 1.54) is 0 Å². The normalized spacial score (nSPS) is 34.6. The van der Waals surface area contributed by atoms with E-state index in [4.69, 9.17) is 9.84 Å². The zero-order valence-corrected chi connectivity index (χ0v) is 7.23. The fourth-order valence-corrected chi connectivity index (χ4v) is 1.97. The van der Waals surface area contributed by atoms with Crippen molar-refractivity contribution in [3.05, 3.63) is 0 Å². The number of carboxylic acids is 1. The Morgan fingerprint density at radius 1 is 1.38 bits per heavy atom. The molecular formula is C9H12O4. The summed E-state index contributed by atoms with van der Waals surface area (Å²) in [5.74, 6) is -0.288. The minimum absolute atomic E-state index is 0.120. The van der Waals surface area contributed by atoms with Crippen molar-refractivity contribution >= 4 is 11.8 Å². The first-order chi connectivity index (χ1) is 6.18. The second-order valence-corrected chi connectivity index (χ2v) is 3.74. The summed E-state index contributed by atoms with van der Waals surface area (Å²) in [6.07, 6.45) is 2.07. The topological polar surface area (TPSA) is 66.9 Å². The van der Waals surface area contributed by atoms with Crippen LogP contribution >= 0.6 is 0 Å². The van der Waals surface area contributed by atoms with Gasteiger partial charge in [0.2, 0.25) is 0 Å². The number of Topliss-reactive ketones (excluding diaryl/α,β-unsaturated/α-hetero) is 1. The number of hydrogen-bond acceptors (Lipinski definition) is 3. The SMILES string of the molecule is O=C1CCC(C2OC2C(=O)O)CC1. The molecule has 2 fully saturated rings. The van der Waals surface area contributed by atoms with E-state index in [9.17, 15) is 9.59 Å². The van der Waals surface area contributed by atoms with Gasteiger partial charge in [-0.3, -0.25) is 4.79 Å². The molecular weight excluding hydrogens is 172 g/mol. The molecule has 2 atom stereocenters.